The molecule has 2 atom stereocenters. The van der Waals surface area contributed by atoms with Crippen LogP contribution in [0.1, 0.15) is 17.2 Å². The molecular formula is C20H27NO4Si. The van der Waals surface area contributed by atoms with Gasteiger partial charge in [0.15, 0.2) is 0 Å². The molecule has 1 amide bonds. The van der Waals surface area contributed by atoms with Crippen LogP contribution in [0.25, 0.3) is 0 Å². The van der Waals surface area contributed by atoms with Gasteiger partial charge in [-0.25, -0.2) is 4.79 Å². The van der Waals surface area contributed by atoms with Crippen LogP contribution >= 0.6 is 0 Å². The molecule has 0 saturated carbocycles. The van der Waals surface area contributed by atoms with Crippen molar-refractivity contribution in [3.8, 4) is 0 Å². The molecule has 0 aliphatic heterocycles. The van der Waals surface area contributed by atoms with Crippen molar-refractivity contribution >= 4 is 19.4 Å². The predicted molar refractivity (Wildman–Crippen MR) is 105 cm³/mol. The van der Waals surface area contributed by atoms with E-state index in [-0.39, 0.29) is 13.2 Å². The molecule has 0 spiro atoms. The highest BCUT2D eigenvalue weighted by Crippen LogP contribution is 2.17. The summed E-state index contributed by atoms with van der Waals surface area (Å²) in [4.78, 5) is 11.7. The van der Waals surface area contributed by atoms with E-state index in [4.69, 9.17) is 4.74 Å². The van der Waals surface area contributed by atoms with E-state index in [1.54, 1.807) is 6.07 Å². The van der Waals surface area contributed by atoms with Gasteiger partial charge in [-0.2, -0.15) is 0 Å². The van der Waals surface area contributed by atoms with Crippen LogP contribution in [0.5, 0.6) is 0 Å². The molecule has 2 rings (SSSR count). The summed E-state index contributed by atoms with van der Waals surface area (Å²) in [6.07, 6.45) is -2.81. The maximum atomic E-state index is 11.7. The van der Waals surface area contributed by atoms with Gasteiger partial charge in [0.05, 0.1) is 8.07 Å². The molecule has 0 aliphatic carbocycles. The predicted octanol–water partition coefficient (Wildman–Crippen LogP) is 2.55. The molecule has 0 saturated heterocycles. The standard InChI is InChI=1S/C20H27NO4Si/c1-26(2,3)17-11-7-10-16(12-17)19(23)18(22)13-21-20(24)25-14-15-8-5-4-6-9-15/h4-12,18-19,22-23H,13-14H2,1-3H3,(H,21,24). The third-order valence-electron chi connectivity index (χ3n) is 4.13. The lowest BCUT2D eigenvalue weighted by atomic mass is 10.0. The first kappa shape index (κ1) is 20.2. The summed E-state index contributed by atoms with van der Waals surface area (Å²) in [6, 6.07) is 17.0. The quantitative estimate of drug-likeness (QED) is 0.652. The fraction of sp³-hybridized carbons (Fsp3) is 0.350. The first-order valence-corrected chi connectivity index (χ1v) is 12.2. The molecule has 0 aliphatic rings. The van der Waals surface area contributed by atoms with Crippen molar-refractivity contribution in [1.82, 2.24) is 5.32 Å². The Bertz CT molecular complexity index is 715. The molecule has 26 heavy (non-hydrogen) atoms. The van der Waals surface area contributed by atoms with E-state index in [0.29, 0.717) is 5.56 Å². The van der Waals surface area contributed by atoms with Crippen LogP contribution in [0, 0.1) is 0 Å². The fourth-order valence-corrected chi connectivity index (χ4v) is 3.68. The van der Waals surface area contributed by atoms with E-state index in [0.717, 1.165) is 5.56 Å². The summed E-state index contributed by atoms with van der Waals surface area (Å²) >= 11 is 0. The summed E-state index contributed by atoms with van der Waals surface area (Å²) in [5.74, 6) is 0. The summed E-state index contributed by atoms with van der Waals surface area (Å²) in [5.41, 5.74) is 1.53. The normalized spacial score (nSPS) is 13.7. The number of carbonyl (C=O) groups excluding carboxylic acids is 1. The SMILES string of the molecule is C[Si](C)(C)c1cccc(C(O)C(O)CNC(=O)OCc2ccccc2)c1. The van der Waals surface area contributed by atoms with Gasteiger partial charge in [0, 0.05) is 6.54 Å². The Kier molecular flexibility index (Phi) is 6.96. The number of aliphatic hydroxyl groups excluding tert-OH is 2. The molecule has 0 aromatic heterocycles. The molecule has 140 valence electrons. The lowest BCUT2D eigenvalue weighted by molar-refractivity contribution is 0.0184. The van der Waals surface area contributed by atoms with Crippen molar-refractivity contribution in [2.45, 2.75) is 38.5 Å². The smallest absolute Gasteiger partial charge is 0.407 e. The van der Waals surface area contributed by atoms with E-state index >= 15 is 0 Å². The maximum Gasteiger partial charge on any atom is 0.407 e. The second-order valence-electron chi connectivity index (χ2n) is 7.33. The highest BCUT2D eigenvalue weighted by Gasteiger charge is 2.22. The van der Waals surface area contributed by atoms with Gasteiger partial charge < -0.3 is 20.3 Å². The van der Waals surface area contributed by atoms with E-state index in [1.165, 1.54) is 5.19 Å². The minimum atomic E-state index is -1.51. The average Bonchev–Trinajstić information content (AvgIpc) is 2.64. The second kappa shape index (κ2) is 8.98. The highest BCUT2D eigenvalue weighted by molar-refractivity contribution is 6.88. The molecule has 0 radical (unpaired) electrons. The molecular weight excluding hydrogens is 346 g/mol. The molecule has 2 aromatic carbocycles. The van der Waals surface area contributed by atoms with Crippen molar-refractivity contribution in [2.24, 2.45) is 0 Å². The van der Waals surface area contributed by atoms with E-state index in [9.17, 15) is 15.0 Å². The van der Waals surface area contributed by atoms with E-state index < -0.39 is 26.4 Å². The third-order valence-corrected chi connectivity index (χ3v) is 6.17. The van der Waals surface area contributed by atoms with Crippen LogP contribution in [0.15, 0.2) is 54.6 Å². The molecule has 3 N–H and O–H groups in total. The molecule has 0 bridgehead atoms. The summed E-state index contributed by atoms with van der Waals surface area (Å²) in [6.45, 7) is 6.73. The number of hydrogen-bond acceptors (Lipinski definition) is 4. The van der Waals surface area contributed by atoms with E-state index in [2.05, 4.69) is 25.0 Å². The number of alkyl carbamates (subject to hydrolysis) is 1. The third kappa shape index (κ3) is 5.98. The first-order valence-electron chi connectivity index (χ1n) is 8.68. The molecule has 0 fully saturated rings. The first-order chi connectivity index (χ1) is 12.3. The average molecular weight is 374 g/mol. The van der Waals surface area contributed by atoms with Crippen LogP contribution in [-0.4, -0.2) is 37.0 Å². The Hall–Kier alpha value is -2.15. The van der Waals surface area contributed by atoms with Gasteiger partial charge >= 0.3 is 6.09 Å². The molecule has 2 unspecified atom stereocenters. The highest BCUT2D eigenvalue weighted by atomic mass is 28.3. The van der Waals surface area contributed by atoms with Gasteiger partial charge in [-0.1, -0.05) is 79.4 Å². The summed E-state index contributed by atoms with van der Waals surface area (Å²) in [5, 5.41) is 24.3. The number of aliphatic hydroxyl groups is 2. The molecule has 5 nitrogen and oxygen atoms in total. The molecule has 0 heterocycles. The Balaban J connectivity index is 1.85. The van der Waals surface area contributed by atoms with Gasteiger partial charge in [-0.15, -0.1) is 0 Å². The Morgan fingerprint density at radius 3 is 2.42 bits per heavy atom. The number of ether oxygens (including phenoxy) is 1. The summed E-state index contributed by atoms with van der Waals surface area (Å²) < 4.78 is 5.09. The minimum absolute atomic E-state index is 0.0913. The van der Waals surface area contributed by atoms with Crippen molar-refractivity contribution in [2.75, 3.05) is 6.54 Å². The Morgan fingerprint density at radius 2 is 1.77 bits per heavy atom. The monoisotopic (exact) mass is 373 g/mol. The van der Waals surface area contributed by atoms with Gasteiger partial charge in [0.25, 0.3) is 0 Å². The van der Waals surface area contributed by atoms with Crippen LogP contribution in [0.3, 0.4) is 0 Å². The Morgan fingerprint density at radius 1 is 1.08 bits per heavy atom. The van der Waals surface area contributed by atoms with Gasteiger partial charge in [0.1, 0.15) is 18.8 Å². The van der Waals surface area contributed by atoms with Crippen molar-refractivity contribution in [1.29, 1.82) is 0 Å². The Labute approximate surface area is 155 Å². The van der Waals surface area contributed by atoms with Crippen molar-refractivity contribution in [3.05, 3.63) is 65.7 Å². The number of hydrogen-bond donors (Lipinski definition) is 3. The van der Waals surface area contributed by atoms with Gasteiger partial charge in [0.2, 0.25) is 0 Å². The minimum Gasteiger partial charge on any atom is -0.445 e. The van der Waals surface area contributed by atoms with Crippen molar-refractivity contribution in [3.63, 3.8) is 0 Å². The van der Waals surface area contributed by atoms with Crippen molar-refractivity contribution < 1.29 is 19.7 Å². The topological polar surface area (TPSA) is 78.8 Å². The lowest BCUT2D eigenvalue weighted by Gasteiger charge is -2.22. The van der Waals surface area contributed by atoms with Crippen LogP contribution in [-0.2, 0) is 11.3 Å². The molecule has 6 heteroatoms. The zero-order valence-corrected chi connectivity index (χ0v) is 16.5. The van der Waals surface area contributed by atoms with Crippen LogP contribution < -0.4 is 10.5 Å². The maximum absolute atomic E-state index is 11.7. The number of nitrogens with one attached hydrogen (secondary N) is 1. The number of amides is 1. The second-order valence-corrected chi connectivity index (χ2v) is 12.4. The van der Waals surface area contributed by atoms with Gasteiger partial charge in [-0.05, 0) is 11.1 Å². The summed E-state index contributed by atoms with van der Waals surface area (Å²) in [7, 11) is -1.51. The van der Waals surface area contributed by atoms with Gasteiger partial charge in [-0.3, -0.25) is 0 Å². The number of carbonyl (C=O) groups is 1. The number of rotatable bonds is 7. The number of benzene rings is 2. The van der Waals surface area contributed by atoms with Crippen LogP contribution in [0.4, 0.5) is 4.79 Å². The zero-order valence-electron chi connectivity index (χ0n) is 15.5. The van der Waals surface area contributed by atoms with E-state index in [1.807, 2.05) is 48.5 Å². The zero-order chi connectivity index (χ0) is 19.2. The molecule has 2 aromatic rings. The van der Waals surface area contributed by atoms with Crippen LogP contribution in [0.2, 0.25) is 19.6 Å². The fourth-order valence-electron chi connectivity index (χ4n) is 2.48. The lowest BCUT2D eigenvalue weighted by Crippen LogP contribution is -2.39. The largest absolute Gasteiger partial charge is 0.445 e.